The molecule has 1 rings (SSSR count). The van der Waals surface area contributed by atoms with Gasteiger partial charge in [0.05, 0.1) is 6.10 Å². The summed E-state index contributed by atoms with van der Waals surface area (Å²) in [6, 6.07) is 0. The van der Waals surface area contributed by atoms with E-state index >= 15 is 0 Å². The van der Waals surface area contributed by atoms with E-state index in [-0.39, 0.29) is 5.54 Å². The molecule has 1 saturated heterocycles. The van der Waals surface area contributed by atoms with Crippen molar-refractivity contribution in [3.8, 4) is 0 Å². The van der Waals surface area contributed by atoms with Crippen molar-refractivity contribution < 1.29 is 4.74 Å². The SMILES string of the molecule is CN(CCCCNC(C)(C)C)CC1CCCO1. The first-order chi connectivity index (χ1) is 7.97. The molecule has 0 aliphatic carbocycles. The number of unbranched alkanes of at least 4 members (excludes halogenated alkanes) is 1. The molecular formula is C14H30N2O. The Morgan fingerprint density at radius 3 is 2.65 bits per heavy atom. The van der Waals surface area contributed by atoms with E-state index in [1.54, 1.807) is 0 Å². The minimum Gasteiger partial charge on any atom is -0.377 e. The third kappa shape index (κ3) is 7.74. The van der Waals surface area contributed by atoms with Crippen LogP contribution in [0.1, 0.15) is 46.5 Å². The molecule has 1 aliphatic rings. The molecule has 102 valence electrons. The first-order valence-electron chi connectivity index (χ1n) is 7.02. The quantitative estimate of drug-likeness (QED) is 0.693. The largest absolute Gasteiger partial charge is 0.377 e. The molecule has 1 atom stereocenters. The van der Waals surface area contributed by atoms with Gasteiger partial charge in [0.1, 0.15) is 0 Å². The maximum atomic E-state index is 5.64. The molecule has 1 heterocycles. The van der Waals surface area contributed by atoms with Gasteiger partial charge >= 0.3 is 0 Å². The summed E-state index contributed by atoms with van der Waals surface area (Å²) in [5.74, 6) is 0. The van der Waals surface area contributed by atoms with E-state index in [9.17, 15) is 0 Å². The van der Waals surface area contributed by atoms with Crippen molar-refractivity contribution in [3.63, 3.8) is 0 Å². The lowest BCUT2D eigenvalue weighted by atomic mass is 10.1. The van der Waals surface area contributed by atoms with E-state index in [0.29, 0.717) is 6.10 Å². The highest BCUT2D eigenvalue weighted by Gasteiger charge is 2.16. The van der Waals surface area contributed by atoms with Crippen molar-refractivity contribution >= 4 is 0 Å². The van der Waals surface area contributed by atoms with Gasteiger partial charge in [0, 0.05) is 18.7 Å². The number of hydrogen-bond acceptors (Lipinski definition) is 3. The lowest BCUT2D eigenvalue weighted by Crippen LogP contribution is -2.36. The second-order valence-electron chi connectivity index (χ2n) is 6.28. The number of hydrogen-bond donors (Lipinski definition) is 1. The van der Waals surface area contributed by atoms with Crippen LogP contribution in [0.2, 0.25) is 0 Å². The molecule has 0 bridgehead atoms. The number of nitrogens with zero attached hydrogens (tertiary/aromatic N) is 1. The van der Waals surface area contributed by atoms with Crippen LogP contribution in [0.4, 0.5) is 0 Å². The predicted molar refractivity (Wildman–Crippen MR) is 73.5 cm³/mol. The first-order valence-corrected chi connectivity index (χ1v) is 7.02. The zero-order valence-electron chi connectivity index (χ0n) is 12.1. The first kappa shape index (κ1) is 14.9. The van der Waals surface area contributed by atoms with Crippen molar-refractivity contribution in [2.24, 2.45) is 0 Å². The zero-order chi connectivity index (χ0) is 12.7. The van der Waals surface area contributed by atoms with Crippen LogP contribution in [0.15, 0.2) is 0 Å². The Kier molecular flexibility index (Phi) is 6.45. The van der Waals surface area contributed by atoms with Gasteiger partial charge in [-0.05, 0) is 66.6 Å². The van der Waals surface area contributed by atoms with Crippen molar-refractivity contribution in [2.45, 2.75) is 58.1 Å². The average Bonchev–Trinajstić information content (AvgIpc) is 2.68. The average molecular weight is 242 g/mol. The number of rotatable bonds is 7. The molecule has 1 unspecified atom stereocenters. The number of nitrogens with one attached hydrogen (secondary N) is 1. The fourth-order valence-electron chi connectivity index (χ4n) is 2.20. The van der Waals surface area contributed by atoms with E-state index < -0.39 is 0 Å². The predicted octanol–water partition coefficient (Wildman–Crippen LogP) is 2.27. The van der Waals surface area contributed by atoms with Gasteiger partial charge in [0.15, 0.2) is 0 Å². The smallest absolute Gasteiger partial charge is 0.0702 e. The number of likely N-dealkylation sites (N-methyl/N-ethyl adjacent to an activating group) is 1. The van der Waals surface area contributed by atoms with Crippen LogP contribution in [-0.4, -0.2) is 49.8 Å². The van der Waals surface area contributed by atoms with E-state index in [2.05, 4.69) is 38.0 Å². The maximum Gasteiger partial charge on any atom is 0.0702 e. The maximum absolute atomic E-state index is 5.64. The lowest BCUT2D eigenvalue weighted by molar-refractivity contribution is 0.0808. The molecule has 17 heavy (non-hydrogen) atoms. The van der Waals surface area contributed by atoms with Crippen molar-refractivity contribution in [3.05, 3.63) is 0 Å². The van der Waals surface area contributed by atoms with Crippen molar-refractivity contribution in [1.29, 1.82) is 0 Å². The third-order valence-corrected chi connectivity index (χ3v) is 3.16. The summed E-state index contributed by atoms with van der Waals surface area (Å²) in [6.07, 6.45) is 5.51. The Labute approximate surface area is 107 Å². The summed E-state index contributed by atoms with van der Waals surface area (Å²) in [5.41, 5.74) is 0.254. The standard InChI is InChI=1S/C14H30N2O/c1-14(2,3)15-9-5-6-10-16(4)12-13-8-7-11-17-13/h13,15H,5-12H2,1-4H3. The summed E-state index contributed by atoms with van der Waals surface area (Å²) in [4.78, 5) is 2.41. The molecule has 0 aromatic rings. The Morgan fingerprint density at radius 1 is 1.29 bits per heavy atom. The normalized spacial score (nSPS) is 21.4. The second-order valence-corrected chi connectivity index (χ2v) is 6.28. The highest BCUT2D eigenvalue weighted by Crippen LogP contribution is 2.12. The van der Waals surface area contributed by atoms with E-state index in [1.165, 1.54) is 32.2 Å². The van der Waals surface area contributed by atoms with Gasteiger partial charge in [0.25, 0.3) is 0 Å². The highest BCUT2D eigenvalue weighted by molar-refractivity contribution is 4.71. The van der Waals surface area contributed by atoms with Gasteiger partial charge in [-0.1, -0.05) is 0 Å². The van der Waals surface area contributed by atoms with Crippen LogP contribution in [-0.2, 0) is 4.74 Å². The summed E-state index contributed by atoms with van der Waals surface area (Å²) >= 11 is 0. The van der Waals surface area contributed by atoms with Crippen molar-refractivity contribution in [2.75, 3.05) is 33.3 Å². The third-order valence-electron chi connectivity index (χ3n) is 3.16. The van der Waals surface area contributed by atoms with Crippen LogP contribution in [0.25, 0.3) is 0 Å². The summed E-state index contributed by atoms with van der Waals surface area (Å²) in [5, 5.41) is 3.53. The fraction of sp³-hybridized carbons (Fsp3) is 1.00. The van der Waals surface area contributed by atoms with Crippen molar-refractivity contribution in [1.82, 2.24) is 10.2 Å². The molecule has 0 aromatic heterocycles. The van der Waals surface area contributed by atoms with E-state index in [4.69, 9.17) is 4.74 Å². The Hall–Kier alpha value is -0.120. The van der Waals surface area contributed by atoms with Gasteiger partial charge < -0.3 is 15.0 Å². The van der Waals surface area contributed by atoms with Crippen LogP contribution < -0.4 is 5.32 Å². The molecule has 3 nitrogen and oxygen atoms in total. The molecule has 3 heteroatoms. The molecule has 1 aliphatic heterocycles. The fourth-order valence-corrected chi connectivity index (χ4v) is 2.20. The van der Waals surface area contributed by atoms with Gasteiger partial charge in [0.2, 0.25) is 0 Å². The minimum atomic E-state index is 0.254. The van der Waals surface area contributed by atoms with E-state index in [1.807, 2.05) is 0 Å². The molecular weight excluding hydrogens is 212 g/mol. The van der Waals surface area contributed by atoms with Gasteiger partial charge in [-0.15, -0.1) is 0 Å². The molecule has 1 N–H and O–H groups in total. The Balaban J connectivity index is 1.94. The van der Waals surface area contributed by atoms with Crippen LogP contribution >= 0.6 is 0 Å². The molecule has 0 spiro atoms. The monoisotopic (exact) mass is 242 g/mol. The number of ether oxygens (including phenoxy) is 1. The molecule has 1 fully saturated rings. The Bertz CT molecular complexity index is 195. The van der Waals surface area contributed by atoms with Gasteiger partial charge in [-0.25, -0.2) is 0 Å². The van der Waals surface area contributed by atoms with Crippen LogP contribution in [0.3, 0.4) is 0 Å². The highest BCUT2D eigenvalue weighted by atomic mass is 16.5. The van der Waals surface area contributed by atoms with Gasteiger partial charge in [-0.2, -0.15) is 0 Å². The van der Waals surface area contributed by atoms with Crippen LogP contribution in [0, 0.1) is 0 Å². The molecule has 0 amide bonds. The van der Waals surface area contributed by atoms with E-state index in [0.717, 1.165) is 19.7 Å². The Morgan fingerprint density at radius 2 is 2.06 bits per heavy atom. The summed E-state index contributed by atoms with van der Waals surface area (Å²) in [7, 11) is 2.21. The molecule has 0 radical (unpaired) electrons. The minimum absolute atomic E-state index is 0.254. The zero-order valence-corrected chi connectivity index (χ0v) is 12.1. The molecule has 0 aromatic carbocycles. The summed E-state index contributed by atoms with van der Waals surface area (Å²) in [6.45, 7) is 11.0. The van der Waals surface area contributed by atoms with Gasteiger partial charge in [-0.3, -0.25) is 0 Å². The van der Waals surface area contributed by atoms with Crippen LogP contribution in [0.5, 0.6) is 0 Å². The lowest BCUT2D eigenvalue weighted by Gasteiger charge is -2.22. The molecule has 0 saturated carbocycles. The topological polar surface area (TPSA) is 24.5 Å². The summed E-state index contributed by atoms with van der Waals surface area (Å²) < 4.78 is 5.64. The second kappa shape index (κ2) is 7.34.